The van der Waals surface area contributed by atoms with Gasteiger partial charge in [0.1, 0.15) is 5.82 Å². The molecule has 1 aromatic heterocycles. The Morgan fingerprint density at radius 2 is 1.42 bits per heavy atom. The van der Waals surface area contributed by atoms with Crippen LogP contribution in [0.1, 0.15) is 20.9 Å². The fourth-order valence-electron chi connectivity index (χ4n) is 2.08. The standard InChI is InChI=1S/C18H13FN2O3/c19-15-5-2-1-4-14(15)17(22)20-12-7-9-13(10-8-12)21-18(23)16-6-3-11-24-16/h1-11H,(H,20,22)(H,21,23). The van der Waals surface area contributed by atoms with Gasteiger partial charge in [-0.15, -0.1) is 0 Å². The molecule has 0 saturated heterocycles. The third kappa shape index (κ3) is 3.49. The molecule has 120 valence electrons. The molecule has 0 bridgehead atoms. The predicted octanol–water partition coefficient (Wildman–Crippen LogP) is 3.92. The lowest BCUT2D eigenvalue weighted by molar-refractivity contribution is 0.0994. The molecular formula is C18H13FN2O3. The Morgan fingerprint density at radius 1 is 0.792 bits per heavy atom. The minimum atomic E-state index is -0.586. The van der Waals surface area contributed by atoms with Crippen LogP contribution in [0.25, 0.3) is 0 Å². The van der Waals surface area contributed by atoms with Crippen molar-refractivity contribution in [3.8, 4) is 0 Å². The number of carbonyl (C=O) groups excluding carboxylic acids is 2. The number of rotatable bonds is 4. The molecule has 2 aromatic carbocycles. The molecule has 0 aliphatic heterocycles. The minimum absolute atomic E-state index is 0.0345. The molecular weight excluding hydrogens is 311 g/mol. The van der Waals surface area contributed by atoms with Crippen molar-refractivity contribution in [3.05, 3.63) is 84.1 Å². The highest BCUT2D eigenvalue weighted by Gasteiger charge is 2.11. The van der Waals surface area contributed by atoms with E-state index in [9.17, 15) is 14.0 Å². The molecule has 2 N–H and O–H groups in total. The molecule has 6 heteroatoms. The summed E-state index contributed by atoms with van der Waals surface area (Å²) in [6, 6.07) is 15.4. The maximum absolute atomic E-state index is 13.6. The highest BCUT2D eigenvalue weighted by molar-refractivity contribution is 6.05. The van der Waals surface area contributed by atoms with E-state index in [4.69, 9.17) is 4.42 Å². The molecule has 1 heterocycles. The van der Waals surface area contributed by atoms with Gasteiger partial charge in [0.25, 0.3) is 11.8 Å². The van der Waals surface area contributed by atoms with Gasteiger partial charge in [-0.05, 0) is 48.5 Å². The van der Waals surface area contributed by atoms with Crippen LogP contribution in [0.4, 0.5) is 15.8 Å². The summed E-state index contributed by atoms with van der Waals surface area (Å²) in [5, 5.41) is 5.26. The number of hydrogen-bond donors (Lipinski definition) is 2. The van der Waals surface area contributed by atoms with Crippen LogP contribution >= 0.6 is 0 Å². The summed E-state index contributed by atoms with van der Waals surface area (Å²) in [4.78, 5) is 23.9. The van der Waals surface area contributed by atoms with Gasteiger partial charge in [-0.1, -0.05) is 12.1 Å². The van der Waals surface area contributed by atoms with Crippen molar-refractivity contribution >= 4 is 23.2 Å². The first-order valence-corrected chi connectivity index (χ1v) is 7.14. The first-order chi connectivity index (χ1) is 11.6. The van der Waals surface area contributed by atoms with Crippen LogP contribution in [-0.4, -0.2) is 11.8 Å². The number of benzene rings is 2. The number of hydrogen-bond acceptors (Lipinski definition) is 3. The van der Waals surface area contributed by atoms with Crippen molar-refractivity contribution < 1.29 is 18.4 Å². The van der Waals surface area contributed by atoms with E-state index in [1.807, 2.05) is 0 Å². The SMILES string of the molecule is O=C(Nc1ccc(NC(=O)c2ccccc2F)cc1)c1ccco1. The van der Waals surface area contributed by atoms with E-state index in [0.717, 1.165) is 0 Å². The van der Waals surface area contributed by atoms with E-state index < -0.39 is 11.7 Å². The Kier molecular flexibility index (Phi) is 4.38. The van der Waals surface area contributed by atoms with Gasteiger partial charge < -0.3 is 15.1 Å². The lowest BCUT2D eigenvalue weighted by Gasteiger charge is -2.08. The first kappa shape index (κ1) is 15.5. The maximum Gasteiger partial charge on any atom is 0.291 e. The van der Waals surface area contributed by atoms with Crippen LogP contribution in [0.2, 0.25) is 0 Å². The second-order valence-electron chi connectivity index (χ2n) is 4.94. The third-order valence-electron chi connectivity index (χ3n) is 3.26. The van der Waals surface area contributed by atoms with Crippen molar-refractivity contribution in [1.29, 1.82) is 0 Å². The number of furan rings is 1. The molecule has 24 heavy (non-hydrogen) atoms. The minimum Gasteiger partial charge on any atom is -0.459 e. The maximum atomic E-state index is 13.6. The van der Waals surface area contributed by atoms with Gasteiger partial charge in [0, 0.05) is 11.4 Å². The summed E-state index contributed by atoms with van der Waals surface area (Å²) in [6.45, 7) is 0. The summed E-state index contributed by atoms with van der Waals surface area (Å²) < 4.78 is 18.6. The third-order valence-corrected chi connectivity index (χ3v) is 3.26. The monoisotopic (exact) mass is 324 g/mol. The van der Waals surface area contributed by atoms with Crippen LogP contribution in [-0.2, 0) is 0 Å². The Morgan fingerprint density at radius 3 is 2.00 bits per heavy atom. The van der Waals surface area contributed by atoms with Crippen molar-refractivity contribution in [3.63, 3.8) is 0 Å². The second kappa shape index (κ2) is 6.78. The zero-order valence-electron chi connectivity index (χ0n) is 12.5. The van der Waals surface area contributed by atoms with Crippen molar-refractivity contribution in [2.45, 2.75) is 0 Å². The average Bonchev–Trinajstić information content (AvgIpc) is 3.11. The highest BCUT2D eigenvalue weighted by Crippen LogP contribution is 2.16. The summed E-state index contributed by atoms with van der Waals surface area (Å²) in [5.74, 6) is -1.30. The van der Waals surface area contributed by atoms with E-state index in [1.165, 1.54) is 24.5 Å². The summed E-state index contributed by atoms with van der Waals surface area (Å²) in [6.07, 6.45) is 1.41. The van der Waals surface area contributed by atoms with Crippen molar-refractivity contribution in [2.75, 3.05) is 10.6 Å². The van der Waals surface area contributed by atoms with Crippen LogP contribution < -0.4 is 10.6 Å². The molecule has 2 amide bonds. The van der Waals surface area contributed by atoms with Gasteiger partial charge in [-0.25, -0.2) is 4.39 Å². The first-order valence-electron chi connectivity index (χ1n) is 7.14. The number of anilines is 2. The topological polar surface area (TPSA) is 71.3 Å². The second-order valence-corrected chi connectivity index (χ2v) is 4.94. The molecule has 3 rings (SSSR count). The quantitative estimate of drug-likeness (QED) is 0.764. The molecule has 0 aliphatic carbocycles. The fourth-order valence-corrected chi connectivity index (χ4v) is 2.08. The molecule has 0 saturated carbocycles. The van der Waals surface area contributed by atoms with E-state index in [1.54, 1.807) is 42.5 Å². The van der Waals surface area contributed by atoms with Gasteiger partial charge in [0.2, 0.25) is 0 Å². The highest BCUT2D eigenvalue weighted by atomic mass is 19.1. The van der Waals surface area contributed by atoms with Gasteiger partial charge in [0.05, 0.1) is 11.8 Å². The smallest absolute Gasteiger partial charge is 0.291 e. The summed E-state index contributed by atoms with van der Waals surface area (Å²) >= 11 is 0. The predicted molar refractivity (Wildman–Crippen MR) is 87.5 cm³/mol. The average molecular weight is 324 g/mol. The molecule has 3 aromatic rings. The van der Waals surface area contributed by atoms with E-state index in [2.05, 4.69) is 10.6 Å². The molecule has 0 atom stereocenters. The zero-order chi connectivity index (χ0) is 16.9. The molecule has 0 fully saturated rings. The number of carbonyl (C=O) groups is 2. The van der Waals surface area contributed by atoms with Crippen LogP contribution in [0, 0.1) is 5.82 Å². The van der Waals surface area contributed by atoms with Gasteiger partial charge in [-0.2, -0.15) is 0 Å². The van der Waals surface area contributed by atoms with Crippen LogP contribution in [0.3, 0.4) is 0 Å². The molecule has 0 spiro atoms. The summed E-state index contributed by atoms with van der Waals surface area (Å²) in [7, 11) is 0. The van der Waals surface area contributed by atoms with E-state index in [-0.39, 0.29) is 17.2 Å². The van der Waals surface area contributed by atoms with Gasteiger partial charge >= 0.3 is 0 Å². The number of halogens is 1. The molecule has 0 unspecified atom stereocenters. The molecule has 0 radical (unpaired) electrons. The Balaban J connectivity index is 1.65. The van der Waals surface area contributed by atoms with Crippen LogP contribution in [0.15, 0.2) is 71.3 Å². The Hall–Kier alpha value is -3.41. The number of amides is 2. The Labute approximate surface area is 137 Å². The molecule has 0 aliphatic rings. The van der Waals surface area contributed by atoms with Gasteiger partial charge in [0.15, 0.2) is 5.76 Å². The lowest BCUT2D eigenvalue weighted by atomic mass is 10.2. The Bertz CT molecular complexity index is 858. The molecule has 5 nitrogen and oxygen atoms in total. The normalized spacial score (nSPS) is 10.2. The lowest BCUT2D eigenvalue weighted by Crippen LogP contribution is -2.14. The fraction of sp³-hybridized carbons (Fsp3) is 0. The van der Waals surface area contributed by atoms with Crippen molar-refractivity contribution in [2.24, 2.45) is 0 Å². The summed E-state index contributed by atoms with van der Waals surface area (Å²) in [5.41, 5.74) is 0.993. The van der Waals surface area contributed by atoms with Gasteiger partial charge in [-0.3, -0.25) is 9.59 Å². The van der Waals surface area contributed by atoms with E-state index >= 15 is 0 Å². The number of nitrogens with one attached hydrogen (secondary N) is 2. The van der Waals surface area contributed by atoms with E-state index in [0.29, 0.717) is 11.4 Å². The van der Waals surface area contributed by atoms with Crippen molar-refractivity contribution in [1.82, 2.24) is 0 Å². The van der Waals surface area contributed by atoms with Crippen LogP contribution in [0.5, 0.6) is 0 Å². The zero-order valence-corrected chi connectivity index (χ0v) is 12.5. The largest absolute Gasteiger partial charge is 0.459 e.